The standard InChI is InChI=1S/C9H14O3/c1-5-8(10)12-11-7-9(3,4)6-2/h5H,1,3-4,6-7H2,2H3. The molecule has 0 aromatic heterocycles. The first kappa shape index (κ1) is 11.2. The van der Waals surface area contributed by atoms with Gasteiger partial charge in [0.2, 0.25) is 0 Å². The van der Waals surface area contributed by atoms with E-state index in [0.29, 0.717) is 0 Å². The number of carbonyl (C=O) groups excluding carboxylic acids is 1. The molecule has 0 saturated carbocycles. The van der Waals surface area contributed by atoms with Gasteiger partial charge in [-0.05, 0) is 25.7 Å². The molecule has 0 atom stereocenters. The highest BCUT2D eigenvalue weighted by molar-refractivity contribution is 5.80. The molecule has 0 aromatic carbocycles. The predicted molar refractivity (Wildman–Crippen MR) is 45.7 cm³/mol. The van der Waals surface area contributed by atoms with Crippen LogP contribution in [-0.4, -0.2) is 12.6 Å². The van der Waals surface area contributed by atoms with Gasteiger partial charge in [0, 0.05) is 6.08 Å². The van der Waals surface area contributed by atoms with Crippen molar-refractivity contribution in [1.29, 1.82) is 0 Å². The Morgan fingerprint density at radius 3 is 2.58 bits per heavy atom. The largest absolute Gasteiger partial charge is 0.365 e. The zero-order valence-electron chi connectivity index (χ0n) is 7.34. The summed E-state index contributed by atoms with van der Waals surface area (Å²) >= 11 is 0. The first-order valence-corrected chi connectivity index (χ1v) is 3.68. The summed E-state index contributed by atoms with van der Waals surface area (Å²) in [6, 6.07) is 0. The molecule has 12 heavy (non-hydrogen) atoms. The summed E-state index contributed by atoms with van der Waals surface area (Å²) in [4.78, 5) is 19.4. The van der Waals surface area contributed by atoms with E-state index in [9.17, 15) is 4.79 Å². The number of carbonyl (C=O) groups is 1. The van der Waals surface area contributed by atoms with Gasteiger partial charge in [-0.25, -0.2) is 4.79 Å². The lowest BCUT2D eigenvalue weighted by Crippen LogP contribution is -2.20. The Morgan fingerprint density at radius 2 is 2.17 bits per heavy atom. The van der Waals surface area contributed by atoms with Gasteiger partial charge in [-0.1, -0.05) is 13.5 Å². The quantitative estimate of drug-likeness (QED) is 0.358. The summed E-state index contributed by atoms with van der Waals surface area (Å²) < 4.78 is 0. The van der Waals surface area contributed by atoms with Crippen molar-refractivity contribution in [2.24, 2.45) is 5.41 Å². The molecule has 0 aliphatic heterocycles. The Labute approximate surface area is 73.3 Å². The molecule has 0 saturated heterocycles. The molecule has 0 aliphatic rings. The first-order valence-electron chi connectivity index (χ1n) is 3.68. The lowest BCUT2D eigenvalue weighted by molar-refractivity contribution is -0.276. The predicted octanol–water partition coefficient (Wildman–Crippen LogP) is 1.71. The molecular weight excluding hydrogens is 156 g/mol. The molecule has 0 spiro atoms. The van der Waals surface area contributed by atoms with Gasteiger partial charge in [-0.2, -0.15) is 4.89 Å². The van der Waals surface area contributed by atoms with E-state index < -0.39 is 11.4 Å². The minimum atomic E-state index is -0.609. The van der Waals surface area contributed by atoms with E-state index in [1.165, 1.54) is 0 Å². The van der Waals surface area contributed by atoms with Crippen LogP contribution in [0.4, 0.5) is 0 Å². The molecule has 0 amide bonds. The highest BCUT2D eigenvalue weighted by atomic mass is 17.2. The molecule has 3 heteroatoms. The van der Waals surface area contributed by atoms with Gasteiger partial charge in [0.25, 0.3) is 0 Å². The van der Waals surface area contributed by atoms with Crippen LogP contribution in [0, 0.1) is 19.3 Å². The van der Waals surface area contributed by atoms with E-state index in [1.807, 2.05) is 6.92 Å². The minimum absolute atomic E-state index is 0.184. The molecule has 68 valence electrons. The fourth-order valence-electron chi connectivity index (χ4n) is 0.349. The third-order valence-electron chi connectivity index (χ3n) is 1.42. The molecule has 0 aliphatic carbocycles. The van der Waals surface area contributed by atoms with Crippen molar-refractivity contribution >= 4 is 5.97 Å². The van der Waals surface area contributed by atoms with Crippen molar-refractivity contribution in [2.75, 3.05) is 6.61 Å². The highest BCUT2D eigenvalue weighted by Gasteiger charge is 2.16. The van der Waals surface area contributed by atoms with Gasteiger partial charge in [-0.15, -0.1) is 0 Å². The summed E-state index contributed by atoms with van der Waals surface area (Å²) in [7, 11) is 0. The van der Waals surface area contributed by atoms with Crippen LogP contribution in [0.5, 0.6) is 0 Å². The Kier molecular flexibility index (Phi) is 4.59. The Bertz CT molecular complexity index is 161. The number of hydrogen-bond donors (Lipinski definition) is 0. The van der Waals surface area contributed by atoms with Crippen LogP contribution >= 0.6 is 0 Å². The summed E-state index contributed by atoms with van der Waals surface area (Å²) in [6.45, 7) is 12.8. The van der Waals surface area contributed by atoms with E-state index in [-0.39, 0.29) is 6.61 Å². The minimum Gasteiger partial charge on any atom is -0.294 e. The van der Waals surface area contributed by atoms with Crippen molar-refractivity contribution < 1.29 is 14.6 Å². The number of hydrogen-bond acceptors (Lipinski definition) is 3. The van der Waals surface area contributed by atoms with Gasteiger partial charge in [-0.3, -0.25) is 4.89 Å². The molecule has 2 radical (unpaired) electrons. The van der Waals surface area contributed by atoms with Gasteiger partial charge < -0.3 is 0 Å². The van der Waals surface area contributed by atoms with E-state index in [4.69, 9.17) is 0 Å². The zero-order valence-corrected chi connectivity index (χ0v) is 7.34. The smallest absolute Gasteiger partial charge is 0.294 e. The summed E-state index contributed by atoms with van der Waals surface area (Å²) in [5, 5.41) is 0. The lowest BCUT2D eigenvalue weighted by Gasteiger charge is -2.19. The molecule has 0 heterocycles. The van der Waals surface area contributed by atoms with Crippen LogP contribution in [0.25, 0.3) is 0 Å². The topological polar surface area (TPSA) is 35.5 Å². The fraction of sp³-hybridized carbons (Fsp3) is 0.444. The maximum absolute atomic E-state index is 10.5. The zero-order chi connectivity index (χ0) is 9.61. The lowest BCUT2D eigenvalue weighted by atomic mass is 9.92. The third kappa shape index (κ3) is 4.91. The maximum atomic E-state index is 10.5. The van der Waals surface area contributed by atoms with Gasteiger partial charge in [0.15, 0.2) is 0 Å². The van der Waals surface area contributed by atoms with Crippen LogP contribution in [0.15, 0.2) is 12.7 Å². The maximum Gasteiger partial charge on any atom is 0.365 e. The van der Waals surface area contributed by atoms with Crippen LogP contribution in [0.2, 0.25) is 0 Å². The summed E-state index contributed by atoms with van der Waals surface area (Å²) in [5.74, 6) is -0.609. The van der Waals surface area contributed by atoms with Crippen molar-refractivity contribution in [3.63, 3.8) is 0 Å². The average Bonchev–Trinajstić information content (AvgIpc) is 2.04. The van der Waals surface area contributed by atoms with E-state index in [1.54, 1.807) is 0 Å². The molecule has 0 rings (SSSR count). The van der Waals surface area contributed by atoms with Crippen molar-refractivity contribution in [3.8, 4) is 0 Å². The second-order valence-electron chi connectivity index (χ2n) is 2.72. The molecule has 0 aromatic rings. The Balaban J connectivity index is 3.56. The van der Waals surface area contributed by atoms with Crippen LogP contribution < -0.4 is 0 Å². The third-order valence-corrected chi connectivity index (χ3v) is 1.42. The highest BCUT2D eigenvalue weighted by Crippen LogP contribution is 2.18. The molecule has 0 unspecified atom stereocenters. The van der Waals surface area contributed by atoms with E-state index in [0.717, 1.165) is 12.5 Å². The van der Waals surface area contributed by atoms with Gasteiger partial charge >= 0.3 is 5.97 Å². The van der Waals surface area contributed by atoms with Crippen LogP contribution in [-0.2, 0) is 14.6 Å². The van der Waals surface area contributed by atoms with Gasteiger partial charge in [0.05, 0.1) is 6.61 Å². The van der Waals surface area contributed by atoms with Crippen molar-refractivity contribution in [1.82, 2.24) is 0 Å². The van der Waals surface area contributed by atoms with Crippen LogP contribution in [0.3, 0.4) is 0 Å². The monoisotopic (exact) mass is 170 g/mol. The molecular formula is C9H14O3. The van der Waals surface area contributed by atoms with E-state index in [2.05, 4.69) is 30.2 Å². The fourth-order valence-corrected chi connectivity index (χ4v) is 0.349. The number of rotatable bonds is 5. The Morgan fingerprint density at radius 1 is 1.58 bits per heavy atom. The molecule has 0 bridgehead atoms. The van der Waals surface area contributed by atoms with Crippen molar-refractivity contribution in [2.45, 2.75) is 13.3 Å². The molecule has 0 N–H and O–H groups in total. The van der Waals surface area contributed by atoms with E-state index >= 15 is 0 Å². The normalized spacial score (nSPS) is 10.9. The average molecular weight is 170 g/mol. The summed E-state index contributed by atoms with van der Waals surface area (Å²) in [5.41, 5.74) is -0.457. The SMILES string of the molecule is [CH2]C([CH2])(CC)COOC(=O)C=C. The molecule has 3 nitrogen and oxygen atoms in total. The summed E-state index contributed by atoms with van der Waals surface area (Å²) in [6.07, 6.45) is 1.78. The first-order chi connectivity index (χ1) is 5.52. The molecule has 0 fully saturated rings. The van der Waals surface area contributed by atoms with Gasteiger partial charge in [0.1, 0.15) is 0 Å². The van der Waals surface area contributed by atoms with Crippen molar-refractivity contribution in [3.05, 3.63) is 26.5 Å². The second-order valence-corrected chi connectivity index (χ2v) is 2.72. The second kappa shape index (κ2) is 4.93. The Hall–Kier alpha value is -0.830. The van der Waals surface area contributed by atoms with Crippen LogP contribution in [0.1, 0.15) is 13.3 Å².